The smallest absolute Gasteiger partial charge is 0.255 e. The Bertz CT molecular complexity index is 952. The molecule has 4 heteroatoms. The van der Waals surface area contributed by atoms with E-state index in [1.165, 1.54) is 30.2 Å². The molecule has 0 saturated heterocycles. The number of ketones is 1. The van der Waals surface area contributed by atoms with Crippen LogP contribution in [0.3, 0.4) is 0 Å². The van der Waals surface area contributed by atoms with Crippen molar-refractivity contribution in [3.63, 3.8) is 0 Å². The Hall–Kier alpha value is -2.85. The van der Waals surface area contributed by atoms with Gasteiger partial charge >= 0.3 is 0 Å². The number of nitrogens with one attached hydrogen (secondary N) is 1. The van der Waals surface area contributed by atoms with Crippen molar-refractivity contribution < 1.29 is 9.59 Å². The Kier molecular flexibility index (Phi) is 7.65. The lowest BCUT2D eigenvalue weighted by Gasteiger charge is -2.08. The van der Waals surface area contributed by atoms with Crippen molar-refractivity contribution in [2.24, 2.45) is 0 Å². The largest absolute Gasteiger partial charge is 0.322 e. The molecule has 0 aliphatic heterocycles. The lowest BCUT2D eigenvalue weighted by molar-refractivity contribution is 0.101. The Morgan fingerprint density at radius 3 is 2.31 bits per heavy atom. The highest BCUT2D eigenvalue weighted by Crippen LogP contribution is 2.21. The maximum atomic E-state index is 12.6. The minimum Gasteiger partial charge on any atom is -0.322 e. The number of amides is 1. The molecule has 3 nitrogen and oxygen atoms in total. The maximum absolute atomic E-state index is 12.6. The highest BCUT2D eigenvalue weighted by Gasteiger charge is 2.10. The molecule has 1 amide bonds. The van der Waals surface area contributed by atoms with E-state index in [4.69, 9.17) is 0 Å². The molecule has 29 heavy (non-hydrogen) atoms. The summed E-state index contributed by atoms with van der Waals surface area (Å²) >= 11 is 1.44. The average molecular weight is 404 g/mol. The lowest BCUT2D eigenvalue weighted by atomic mass is 10.1. The van der Waals surface area contributed by atoms with E-state index in [0.29, 0.717) is 16.9 Å². The molecule has 0 fully saturated rings. The first kappa shape index (κ1) is 20.9. The van der Waals surface area contributed by atoms with Gasteiger partial charge in [-0.05, 0) is 48.7 Å². The Morgan fingerprint density at radius 1 is 0.862 bits per heavy atom. The molecule has 0 unspecified atom stereocenters. The van der Waals surface area contributed by atoms with Gasteiger partial charge in [0, 0.05) is 21.7 Å². The molecular formula is C25H25NO2S. The summed E-state index contributed by atoms with van der Waals surface area (Å²) in [7, 11) is 0. The van der Waals surface area contributed by atoms with Crippen LogP contribution in [0.4, 0.5) is 5.69 Å². The molecule has 0 saturated carbocycles. The second-order valence-electron chi connectivity index (χ2n) is 6.86. The number of rotatable bonds is 9. The van der Waals surface area contributed by atoms with E-state index >= 15 is 0 Å². The number of carbonyl (C=O) groups excluding carboxylic acids is 2. The number of aryl methyl sites for hydroxylation is 1. The van der Waals surface area contributed by atoms with Crippen LogP contribution in [0.15, 0.2) is 83.8 Å². The topological polar surface area (TPSA) is 46.2 Å². The van der Waals surface area contributed by atoms with Crippen LogP contribution in [0.2, 0.25) is 0 Å². The van der Waals surface area contributed by atoms with E-state index in [-0.39, 0.29) is 11.7 Å². The van der Waals surface area contributed by atoms with Crippen LogP contribution in [0.1, 0.15) is 46.0 Å². The molecular weight excluding hydrogens is 378 g/mol. The van der Waals surface area contributed by atoms with Crippen molar-refractivity contribution in [1.82, 2.24) is 0 Å². The highest BCUT2D eigenvalue weighted by molar-refractivity contribution is 8.00. The van der Waals surface area contributed by atoms with Gasteiger partial charge in [-0.2, -0.15) is 0 Å². The van der Waals surface area contributed by atoms with Gasteiger partial charge < -0.3 is 5.32 Å². The van der Waals surface area contributed by atoms with E-state index in [1.54, 1.807) is 6.07 Å². The van der Waals surface area contributed by atoms with Crippen molar-refractivity contribution in [3.8, 4) is 0 Å². The highest BCUT2D eigenvalue weighted by atomic mass is 32.2. The van der Waals surface area contributed by atoms with Crippen molar-refractivity contribution in [3.05, 3.63) is 95.6 Å². The van der Waals surface area contributed by atoms with E-state index in [0.717, 1.165) is 17.0 Å². The molecule has 0 aliphatic rings. The third kappa shape index (κ3) is 6.33. The predicted molar refractivity (Wildman–Crippen MR) is 121 cm³/mol. The van der Waals surface area contributed by atoms with Gasteiger partial charge in [-0.25, -0.2) is 0 Å². The van der Waals surface area contributed by atoms with E-state index in [2.05, 4.69) is 24.4 Å². The number of anilines is 1. The summed E-state index contributed by atoms with van der Waals surface area (Å²) in [6.45, 7) is 2.18. The average Bonchev–Trinajstić information content (AvgIpc) is 2.77. The second-order valence-corrected chi connectivity index (χ2v) is 7.91. The lowest BCUT2D eigenvalue weighted by Crippen LogP contribution is -2.12. The number of thioether (sulfide) groups is 1. The predicted octanol–water partition coefficient (Wildman–Crippen LogP) is 6.26. The monoisotopic (exact) mass is 403 g/mol. The van der Waals surface area contributed by atoms with Gasteiger partial charge in [0.05, 0.1) is 5.75 Å². The summed E-state index contributed by atoms with van der Waals surface area (Å²) in [5.41, 5.74) is 3.35. The minimum atomic E-state index is -0.150. The van der Waals surface area contributed by atoms with Gasteiger partial charge in [-0.15, -0.1) is 11.8 Å². The first-order chi connectivity index (χ1) is 14.2. The Labute approximate surface area is 176 Å². The van der Waals surface area contributed by atoms with Gasteiger partial charge in [0.15, 0.2) is 5.78 Å². The van der Waals surface area contributed by atoms with Crippen LogP contribution in [0, 0.1) is 0 Å². The van der Waals surface area contributed by atoms with E-state index < -0.39 is 0 Å². The molecule has 1 N–H and O–H groups in total. The fourth-order valence-electron chi connectivity index (χ4n) is 2.92. The van der Waals surface area contributed by atoms with Gasteiger partial charge in [-0.1, -0.05) is 61.9 Å². The van der Waals surface area contributed by atoms with Gasteiger partial charge in [-0.3, -0.25) is 9.59 Å². The van der Waals surface area contributed by atoms with Crippen LogP contribution in [0.25, 0.3) is 0 Å². The minimum absolute atomic E-state index is 0.0774. The maximum Gasteiger partial charge on any atom is 0.255 e. The van der Waals surface area contributed by atoms with E-state index in [1.807, 2.05) is 60.7 Å². The SMILES string of the molecule is CCCCc1ccc(NC(=O)c2cccc(SCC(=O)c3ccccc3)c2)cc1. The number of unbranched alkanes of at least 4 members (excludes halogenated alkanes) is 1. The van der Waals surface area contributed by atoms with Crippen LogP contribution >= 0.6 is 11.8 Å². The van der Waals surface area contributed by atoms with Crippen LogP contribution in [-0.4, -0.2) is 17.4 Å². The van der Waals surface area contributed by atoms with Crippen molar-refractivity contribution >= 4 is 29.1 Å². The normalized spacial score (nSPS) is 10.5. The number of hydrogen-bond acceptors (Lipinski definition) is 3. The Balaban J connectivity index is 1.58. The fraction of sp³-hybridized carbons (Fsp3) is 0.200. The van der Waals surface area contributed by atoms with Crippen LogP contribution in [-0.2, 0) is 6.42 Å². The van der Waals surface area contributed by atoms with Crippen molar-refractivity contribution in [2.45, 2.75) is 31.1 Å². The fourth-order valence-corrected chi connectivity index (χ4v) is 3.77. The molecule has 0 radical (unpaired) electrons. The number of carbonyl (C=O) groups is 2. The third-order valence-corrected chi connectivity index (χ3v) is 5.59. The van der Waals surface area contributed by atoms with Gasteiger partial charge in [0.25, 0.3) is 5.91 Å². The van der Waals surface area contributed by atoms with Crippen LogP contribution in [0.5, 0.6) is 0 Å². The summed E-state index contributed by atoms with van der Waals surface area (Å²) in [5, 5.41) is 2.94. The quantitative estimate of drug-likeness (QED) is 0.339. The third-order valence-electron chi connectivity index (χ3n) is 4.59. The summed E-state index contributed by atoms with van der Waals surface area (Å²) in [5.74, 6) is 0.269. The summed E-state index contributed by atoms with van der Waals surface area (Å²) < 4.78 is 0. The zero-order chi connectivity index (χ0) is 20.5. The molecule has 0 aliphatic carbocycles. The van der Waals surface area contributed by atoms with Crippen molar-refractivity contribution in [2.75, 3.05) is 11.1 Å². The standard InChI is InChI=1S/C25H25NO2S/c1-2-3-8-19-13-15-22(16-14-19)26-25(28)21-11-7-12-23(17-21)29-18-24(27)20-9-5-4-6-10-20/h4-7,9-17H,2-3,8,18H2,1H3,(H,26,28). The molecule has 3 aromatic rings. The Morgan fingerprint density at radius 2 is 1.59 bits per heavy atom. The summed E-state index contributed by atoms with van der Waals surface area (Å²) in [6.07, 6.45) is 3.40. The van der Waals surface area contributed by atoms with Gasteiger partial charge in [0.2, 0.25) is 0 Å². The number of Topliss-reactive ketones (excluding diaryl/α,β-unsaturated/α-hetero) is 1. The molecule has 3 rings (SSSR count). The number of benzene rings is 3. The van der Waals surface area contributed by atoms with E-state index in [9.17, 15) is 9.59 Å². The summed E-state index contributed by atoms with van der Waals surface area (Å²) in [4.78, 5) is 25.8. The molecule has 0 spiro atoms. The molecule has 0 bridgehead atoms. The first-order valence-electron chi connectivity index (χ1n) is 9.87. The second kappa shape index (κ2) is 10.6. The first-order valence-corrected chi connectivity index (χ1v) is 10.9. The molecule has 148 valence electrons. The molecule has 0 aromatic heterocycles. The zero-order valence-electron chi connectivity index (χ0n) is 16.6. The number of hydrogen-bond donors (Lipinski definition) is 1. The van der Waals surface area contributed by atoms with Crippen LogP contribution < -0.4 is 5.32 Å². The molecule has 3 aromatic carbocycles. The molecule has 0 heterocycles. The van der Waals surface area contributed by atoms with Gasteiger partial charge in [0.1, 0.15) is 0 Å². The summed E-state index contributed by atoms with van der Waals surface area (Å²) in [6, 6.07) is 24.6. The molecule has 0 atom stereocenters. The zero-order valence-corrected chi connectivity index (χ0v) is 17.4. The van der Waals surface area contributed by atoms with Crippen molar-refractivity contribution in [1.29, 1.82) is 0 Å².